The van der Waals surface area contributed by atoms with Crippen LogP contribution in [0.5, 0.6) is 0 Å². The van der Waals surface area contributed by atoms with Gasteiger partial charge in [0, 0.05) is 6.92 Å². The molecule has 0 aliphatic carbocycles. The molecule has 4 heteroatoms. The predicted octanol–water partition coefficient (Wildman–Crippen LogP) is -0.136. The molecule has 1 aliphatic rings. The molecule has 1 N–H and O–H groups in total. The molecule has 0 amide bonds. The van der Waals surface area contributed by atoms with Gasteiger partial charge in [0.15, 0.2) is 0 Å². The zero-order valence-electron chi connectivity index (χ0n) is 6.90. The van der Waals surface area contributed by atoms with Crippen molar-refractivity contribution < 1.29 is 19.4 Å². The van der Waals surface area contributed by atoms with Crippen molar-refractivity contribution in [3.8, 4) is 0 Å². The molecule has 1 rings (SSSR count). The van der Waals surface area contributed by atoms with Gasteiger partial charge in [0.05, 0.1) is 6.61 Å². The minimum Gasteiger partial charge on any atom is -0.455 e. The number of epoxide rings is 1. The van der Waals surface area contributed by atoms with E-state index in [0.29, 0.717) is 6.61 Å². The molecular weight excluding hydrogens is 160 g/mol. The van der Waals surface area contributed by atoms with Crippen LogP contribution in [0.1, 0.15) is 6.92 Å². The van der Waals surface area contributed by atoms with E-state index in [2.05, 4.69) is 6.58 Å². The molecule has 0 aromatic rings. The van der Waals surface area contributed by atoms with Crippen LogP contribution in [0.2, 0.25) is 0 Å². The Morgan fingerprint density at radius 3 is 2.83 bits per heavy atom. The highest BCUT2D eigenvalue weighted by atomic mass is 16.6. The van der Waals surface area contributed by atoms with Crippen molar-refractivity contribution >= 4 is 5.97 Å². The molecule has 12 heavy (non-hydrogen) atoms. The topological polar surface area (TPSA) is 59.1 Å². The largest absolute Gasteiger partial charge is 0.455 e. The van der Waals surface area contributed by atoms with Crippen molar-refractivity contribution in [2.45, 2.75) is 25.2 Å². The summed E-state index contributed by atoms with van der Waals surface area (Å²) in [5, 5.41) is 9.42. The molecule has 4 nitrogen and oxygen atoms in total. The zero-order valence-corrected chi connectivity index (χ0v) is 6.90. The summed E-state index contributed by atoms with van der Waals surface area (Å²) < 4.78 is 9.62. The summed E-state index contributed by atoms with van der Waals surface area (Å²) >= 11 is 0. The van der Waals surface area contributed by atoms with Crippen LogP contribution in [0, 0.1) is 0 Å². The maximum Gasteiger partial charge on any atom is 0.303 e. The molecule has 0 aromatic heterocycles. The third kappa shape index (κ3) is 2.32. The lowest BCUT2D eigenvalue weighted by molar-refractivity contribution is -0.149. The van der Waals surface area contributed by atoms with Gasteiger partial charge in [0.1, 0.15) is 18.3 Å². The average molecular weight is 172 g/mol. The highest BCUT2D eigenvalue weighted by Gasteiger charge is 2.37. The maximum atomic E-state index is 10.5. The van der Waals surface area contributed by atoms with Crippen LogP contribution in [0.25, 0.3) is 0 Å². The van der Waals surface area contributed by atoms with Gasteiger partial charge in [0.2, 0.25) is 0 Å². The smallest absolute Gasteiger partial charge is 0.303 e. The average Bonchev–Trinajstić information content (AvgIpc) is 2.80. The molecule has 1 fully saturated rings. The summed E-state index contributed by atoms with van der Waals surface area (Å²) in [6.07, 6.45) is -0.248. The van der Waals surface area contributed by atoms with Crippen molar-refractivity contribution in [2.24, 2.45) is 0 Å². The molecule has 0 aromatic carbocycles. The van der Waals surface area contributed by atoms with E-state index >= 15 is 0 Å². The summed E-state index contributed by atoms with van der Waals surface area (Å²) in [7, 11) is 0. The van der Waals surface area contributed by atoms with E-state index in [1.54, 1.807) is 0 Å². The summed E-state index contributed by atoms with van der Waals surface area (Å²) in [5.41, 5.74) is 0. The zero-order chi connectivity index (χ0) is 9.14. The molecule has 1 heterocycles. The van der Waals surface area contributed by atoms with Crippen LogP contribution in [0.15, 0.2) is 12.7 Å². The minimum atomic E-state index is -0.786. The van der Waals surface area contributed by atoms with Crippen molar-refractivity contribution in [2.75, 3.05) is 6.61 Å². The van der Waals surface area contributed by atoms with E-state index < -0.39 is 18.2 Å². The highest BCUT2D eigenvalue weighted by molar-refractivity contribution is 5.66. The van der Waals surface area contributed by atoms with E-state index in [1.165, 1.54) is 13.0 Å². The van der Waals surface area contributed by atoms with Gasteiger partial charge in [-0.25, -0.2) is 0 Å². The molecule has 0 bridgehead atoms. The third-order valence-corrected chi connectivity index (χ3v) is 1.61. The number of aliphatic hydroxyl groups excluding tert-OH is 1. The number of rotatable bonds is 4. The number of hydrogen-bond acceptors (Lipinski definition) is 4. The van der Waals surface area contributed by atoms with Gasteiger partial charge in [0.25, 0.3) is 0 Å². The van der Waals surface area contributed by atoms with Crippen LogP contribution >= 0.6 is 0 Å². The molecule has 1 aliphatic heterocycles. The van der Waals surface area contributed by atoms with E-state index in [9.17, 15) is 9.90 Å². The Morgan fingerprint density at radius 1 is 1.92 bits per heavy atom. The number of carbonyl (C=O) groups is 1. The van der Waals surface area contributed by atoms with E-state index in [0.717, 1.165) is 0 Å². The number of ether oxygens (including phenoxy) is 2. The van der Waals surface area contributed by atoms with Gasteiger partial charge in [-0.3, -0.25) is 4.79 Å². The van der Waals surface area contributed by atoms with Gasteiger partial charge in [-0.1, -0.05) is 6.58 Å². The molecule has 0 spiro atoms. The Balaban J connectivity index is 2.42. The van der Waals surface area contributed by atoms with Crippen LogP contribution in [0.3, 0.4) is 0 Å². The lowest BCUT2D eigenvalue weighted by atomic mass is 10.1. The first-order valence-electron chi connectivity index (χ1n) is 3.74. The number of aliphatic hydroxyl groups is 1. The van der Waals surface area contributed by atoms with Crippen molar-refractivity contribution in [1.29, 1.82) is 0 Å². The summed E-state index contributed by atoms with van der Waals surface area (Å²) in [6.45, 7) is 5.26. The van der Waals surface area contributed by atoms with Crippen molar-refractivity contribution in [3.63, 3.8) is 0 Å². The maximum absolute atomic E-state index is 10.5. The molecule has 1 unspecified atom stereocenters. The SMILES string of the molecule is C=C[C@@H](OC(C)=O)[C@H](O)C1CO1. The van der Waals surface area contributed by atoms with Gasteiger partial charge in [-0.2, -0.15) is 0 Å². The second-order valence-electron chi connectivity index (χ2n) is 2.67. The lowest BCUT2D eigenvalue weighted by Crippen LogP contribution is -2.33. The molecule has 3 atom stereocenters. The van der Waals surface area contributed by atoms with Gasteiger partial charge in [-0.15, -0.1) is 0 Å². The molecule has 0 radical (unpaired) electrons. The van der Waals surface area contributed by atoms with Crippen LogP contribution in [0.4, 0.5) is 0 Å². The molecule has 68 valence electrons. The first-order chi connectivity index (χ1) is 5.65. The number of hydrogen-bond donors (Lipinski definition) is 1. The highest BCUT2D eigenvalue weighted by Crippen LogP contribution is 2.18. The Morgan fingerprint density at radius 2 is 2.50 bits per heavy atom. The minimum absolute atomic E-state index is 0.202. The molecule has 0 saturated carbocycles. The summed E-state index contributed by atoms with van der Waals surface area (Å²) in [5.74, 6) is -0.431. The Labute approximate surface area is 70.8 Å². The van der Waals surface area contributed by atoms with Crippen LogP contribution < -0.4 is 0 Å². The number of carbonyl (C=O) groups excluding carboxylic acids is 1. The fourth-order valence-electron chi connectivity index (χ4n) is 0.913. The first-order valence-corrected chi connectivity index (χ1v) is 3.74. The Hall–Kier alpha value is -0.870. The first kappa shape index (κ1) is 9.22. The normalized spacial score (nSPS) is 25.7. The fraction of sp³-hybridized carbons (Fsp3) is 0.625. The molecular formula is C8H12O4. The van der Waals surface area contributed by atoms with Gasteiger partial charge >= 0.3 is 5.97 Å². The van der Waals surface area contributed by atoms with Gasteiger partial charge < -0.3 is 14.6 Å². The summed E-state index contributed by atoms with van der Waals surface area (Å²) in [6, 6.07) is 0. The fourth-order valence-corrected chi connectivity index (χ4v) is 0.913. The van der Waals surface area contributed by atoms with E-state index in [1.807, 2.05) is 0 Å². The molecule has 1 saturated heterocycles. The van der Waals surface area contributed by atoms with Gasteiger partial charge in [-0.05, 0) is 6.08 Å². The monoisotopic (exact) mass is 172 g/mol. The van der Waals surface area contributed by atoms with Crippen LogP contribution in [-0.2, 0) is 14.3 Å². The number of esters is 1. The standard InChI is InChI=1S/C8H12O4/c1-3-6(12-5(2)9)8(10)7-4-11-7/h3,6-8,10H,1,4H2,2H3/t6-,7?,8+/m1/s1. The summed E-state index contributed by atoms with van der Waals surface area (Å²) in [4.78, 5) is 10.5. The predicted molar refractivity (Wildman–Crippen MR) is 41.5 cm³/mol. The quantitative estimate of drug-likeness (QED) is 0.364. The second-order valence-corrected chi connectivity index (χ2v) is 2.67. The second kappa shape index (κ2) is 3.69. The Bertz CT molecular complexity index is 185. The van der Waals surface area contributed by atoms with Crippen molar-refractivity contribution in [3.05, 3.63) is 12.7 Å². The van der Waals surface area contributed by atoms with Crippen LogP contribution in [-0.4, -0.2) is 36.0 Å². The van der Waals surface area contributed by atoms with E-state index in [-0.39, 0.29) is 6.10 Å². The third-order valence-electron chi connectivity index (χ3n) is 1.61. The Kier molecular flexibility index (Phi) is 2.83. The van der Waals surface area contributed by atoms with E-state index in [4.69, 9.17) is 9.47 Å². The lowest BCUT2D eigenvalue weighted by Gasteiger charge is -2.17. The van der Waals surface area contributed by atoms with Crippen molar-refractivity contribution in [1.82, 2.24) is 0 Å².